The average molecular weight is 181 g/mol. The van der Waals surface area contributed by atoms with Gasteiger partial charge in [0.05, 0.1) is 5.69 Å². The summed E-state index contributed by atoms with van der Waals surface area (Å²) in [5, 5.41) is 17.4. The summed E-state index contributed by atoms with van der Waals surface area (Å²) in [6, 6.07) is 2.34. The molecule has 0 saturated heterocycles. The van der Waals surface area contributed by atoms with Crippen LogP contribution in [0.1, 0.15) is 5.69 Å². The van der Waals surface area contributed by atoms with Crippen LogP contribution < -0.4 is 5.56 Å². The Hall–Kier alpha value is -2.04. The number of H-pyrrole nitrogens is 1. The van der Waals surface area contributed by atoms with E-state index in [2.05, 4.69) is 4.98 Å². The smallest absolute Gasteiger partial charge is 0.328 e. The Morgan fingerprint density at radius 3 is 2.77 bits per heavy atom. The van der Waals surface area contributed by atoms with Gasteiger partial charge in [0.1, 0.15) is 5.75 Å². The number of aromatic hydroxyl groups is 1. The summed E-state index contributed by atoms with van der Waals surface area (Å²) < 4.78 is 0. The first kappa shape index (κ1) is 9.05. The van der Waals surface area contributed by atoms with Crippen LogP contribution in [-0.2, 0) is 4.79 Å². The van der Waals surface area contributed by atoms with E-state index < -0.39 is 11.5 Å². The van der Waals surface area contributed by atoms with E-state index in [1.165, 1.54) is 6.07 Å². The highest BCUT2D eigenvalue weighted by Crippen LogP contribution is 2.11. The summed E-state index contributed by atoms with van der Waals surface area (Å²) in [5.41, 5.74) is -0.322. The summed E-state index contributed by atoms with van der Waals surface area (Å²) in [6.45, 7) is 0. The molecular weight excluding hydrogens is 174 g/mol. The number of rotatable bonds is 2. The maximum absolute atomic E-state index is 10.7. The first-order chi connectivity index (χ1) is 6.09. The van der Waals surface area contributed by atoms with Crippen LogP contribution in [0.15, 0.2) is 23.0 Å². The van der Waals surface area contributed by atoms with Crippen molar-refractivity contribution in [2.75, 3.05) is 0 Å². The number of aliphatic carboxylic acids is 1. The van der Waals surface area contributed by atoms with Gasteiger partial charge < -0.3 is 15.2 Å². The predicted octanol–water partition coefficient (Wildman–Crippen LogP) is 0.178. The van der Waals surface area contributed by atoms with E-state index in [-0.39, 0.29) is 11.4 Å². The van der Waals surface area contributed by atoms with E-state index in [0.29, 0.717) is 0 Å². The van der Waals surface area contributed by atoms with Crippen molar-refractivity contribution in [1.82, 2.24) is 4.98 Å². The van der Waals surface area contributed by atoms with Gasteiger partial charge in [0.2, 0.25) is 5.56 Å². The van der Waals surface area contributed by atoms with Crippen molar-refractivity contribution in [3.8, 4) is 5.75 Å². The number of pyridine rings is 1. The van der Waals surface area contributed by atoms with Crippen LogP contribution in [0, 0.1) is 0 Å². The highest BCUT2D eigenvalue weighted by Gasteiger charge is 1.97. The number of nitrogens with one attached hydrogen (secondary N) is 1. The standard InChI is InChI=1S/C8H7NO4/c10-6-2-3-7(11)9-5(6)1-4-8(12)13/h1-4,10H,(H,9,11)(H,12,13). The lowest BCUT2D eigenvalue weighted by Crippen LogP contribution is -2.04. The van der Waals surface area contributed by atoms with Crippen LogP contribution >= 0.6 is 0 Å². The number of aromatic amines is 1. The summed E-state index contributed by atoms with van der Waals surface area (Å²) in [6.07, 6.45) is 1.93. The van der Waals surface area contributed by atoms with Gasteiger partial charge in [0.15, 0.2) is 0 Å². The van der Waals surface area contributed by atoms with Gasteiger partial charge in [0.25, 0.3) is 0 Å². The van der Waals surface area contributed by atoms with Gasteiger partial charge in [-0.15, -0.1) is 0 Å². The molecule has 0 aliphatic rings. The molecule has 1 aromatic heterocycles. The number of hydrogen-bond acceptors (Lipinski definition) is 3. The molecule has 0 radical (unpaired) electrons. The van der Waals surface area contributed by atoms with Crippen molar-refractivity contribution in [3.05, 3.63) is 34.3 Å². The second kappa shape index (κ2) is 3.57. The van der Waals surface area contributed by atoms with Crippen molar-refractivity contribution in [2.45, 2.75) is 0 Å². The molecule has 0 amide bonds. The first-order valence-electron chi connectivity index (χ1n) is 3.43. The normalized spacial score (nSPS) is 10.5. The maximum atomic E-state index is 10.7. The third kappa shape index (κ3) is 2.48. The largest absolute Gasteiger partial charge is 0.506 e. The molecule has 5 nitrogen and oxygen atoms in total. The van der Waals surface area contributed by atoms with Crippen LogP contribution in [0.4, 0.5) is 0 Å². The molecule has 0 unspecified atom stereocenters. The minimum Gasteiger partial charge on any atom is -0.506 e. The minimum atomic E-state index is -1.15. The molecule has 0 spiro atoms. The molecule has 5 heteroatoms. The Balaban J connectivity index is 3.07. The van der Waals surface area contributed by atoms with Crippen molar-refractivity contribution in [2.24, 2.45) is 0 Å². The fourth-order valence-corrected chi connectivity index (χ4v) is 0.765. The van der Waals surface area contributed by atoms with Gasteiger partial charge in [-0.25, -0.2) is 4.79 Å². The second-order valence-electron chi connectivity index (χ2n) is 2.29. The Labute approximate surface area is 73.0 Å². The van der Waals surface area contributed by atoms with Crippen LogP contribution in [0.25, 0.3) is 6.08 Å². The molecular formula is C8H7NO4. The van der Waals surface area contributed by atoms with Gasteiger partial charge >= 0.3 is 5.97 Å². The zero-order chi connectivity index (χ0) is 9.84. The number of aromatic nitrogens is 1. The average Bonchev–Trinajstić information content (AvgIpc) is 2.06. The molecule has 0 aliphatic heterocycles. The molecule has 0 atom stereocenters. The number of carbonyl (C=O) groups is 1. The molecule has 1 rings (SSSR count). The minimum absolute atomic E-state index is 0.0786. The molecule has 68 valence electrons. The van der Waals surface area contributed by atoms with Crippen LogP contribution in [0.5, 0.6) is 5.75 Å². The highest BCUT2D eigenvalue weighted by atomic mass is 16.4. The zero-order valence-electron chi connectivity index (χ0n) is 6.52. The number of hydrogen-bond donors (Lipinski definition) is 3. The quantitative estimate of drug-likeness (QED) is 0.567. The zero-order valence-corrected chi connectivity index (χ0v) is 6.52. The lowest BCUT2D eigenvalue weighted by molar-refractivity contribution is -0.131. The van der Waals surface area contributed by atoms with E-state index in [9.17, 15) is 9.59 Å². The topological polar surface area (TPSA) is 90.4 Å². The molecule has 13 heavy (non-hydrogen) atoms. The Bertz CT molecular complexity index is 405. The third-order valence-electron chi connectivity index (χ3n) is 1.32. The summed E-state index contributed by atoms with van der Waals surface area (Å²) >= 11 is 0. The molecule has 3 N–H and O–H groups in total. The lowest BCUT2D eigenvalue weighted by Gasteiger charge is -1.95. The van der Waals surface area contributed by atoms with Crippen molar-refractivity contribution >= 4 is 12.0 Å². The summed E-state index contributed by atoms with van der Waals surface area (Å²) in [4.78, 5) is 23.1. The van der Waals surface area contributed by atoms with Gasteiger partial charge in [-0.1, -0.05) is 0 Å². The van der Waals surface area contributed by atoms with E-state index in [1.807, 2.05) is 0 Å². The highest BCUT2D eigenvalue weighted by molar-refractivity contribution is 5.85. The lowest BCUT2D eigenvalue weighted by atomic mass is 10.3. The van der Waals surface area contributed by atoms with Gasteiger partial charge in [-0.2, -0.15) is 0 Å². The molecule has 0 fully saturated rings. The summed E-state index contributed by atoms with van der Waals surface area (Å²) in [7, 11) is 0. The Morgan fingerprint density at radius 2 is 2.15 bits per heavy atom. The third-order valence-corrected chi connectivity index (χ3v) is 1.32. The molecule has 0 aliphatic carbocycles. The monoisotopic (exact) mass is 181 g/mol. The van der Waals surface area contributed by atoms with Crippen LogP contribution in [0.3, 0.4) is 0 Å². The fourth-order valence-electron chi connectivity index (χ4n) is 0.765. The fraction of sp³-hybridized carbons (Fsp3) is 0. The molecule has 0 aromatic carbocycles. The number of carboxylic acid groups (broad SMARTS) is 1. The van der Waals surface area contributed by atoms with Gasteiger partial charge in [-0.3, -0.25) is 4.79 Å². The van der Waals surface area contributed by atoms with E-state index >= 15 is 0 Å². The first-order valence-corrected chi connectivity index (χ1v) is 3.43. The molecule has 1 heterocycles. The van der Waals surface area contributed by atoms with Crippen molar-refractivity contribution in [1.29, 1.82) is 0 Å². The van der Waals surface area contributed by atoms with Crippen molar-refractivity contribution in [3.63, 3.8) is 0 Å². The predicted molar refractivity (Wildman–Crippen MR) is 45.4 cm³/mol. The SMILES string of the molecule is O=C(O)C=Cc1[nH]c(=O)ccc1O. The summed E-state index contributed by atoms with van der Waals surface area (Å²) in [5.74, 6) is -1.32. The van der Waals surface area contributed by atoms with Crippen LogP contribution in [-0.4, -0.2) is 21.2 Å². The van der Waals surface area contributed by atoms with E-state index in [0.717, 1.165) is 18.2 Å². The van der Waals surface area contributed by atoms with Gasteiger partial charge in [0, 0.05) is 12.1 Å². The second-order valence-corrected chi connectivity index (χ2v) is 2.29. The maximum Gasteiger partial charge on any atom is 0.328 e. The molecule has 0 bridgehead atoms. The van der Waals surface area contributed by atoms with E-state index in [1.54, 1.807) is 0 Å². The Morgan fingerprint density at radius 1 is 1.46 bits per heavy atom. The van der Waals surface area contributed by atoms with E-state index in [4.69, 9.17) is 10.2 Å². The molecule has 0 saturated carbocycles. The number of carboxylic acids is 1. The van der Waals surface area contributed by atoms with Crippen LogP contribution in [0.2, 0.25) is 0 Å². The van der Waals surface area contributed by atoms with Gasteiger partial charge in [-0.05, 0) is 12.1 Å². The molecule has 1 aromatic rings. The van der Waals surface area contributed by atoms with Crippen molar-refractivity contribution < 1.29 is 15.0 Å². The Kier molecular flexibility index (Phi) is 2.49.